The highest BCUT2D eigenvalue weighted by atomic mass is 16.4. The Morgan fingerprint density at radius 1 is 1.40 bits per heavy atom. The number of carboxylic acids is 1. The van der Waals surface area contributed by atoms with E-state index in [9.17, 15) is 9.90 Å². The number of phenolic OH excluding ortho intramolecular Hbond substituents is 1. The van der Waals surface area contributed by atoms with Crippen LogP contribution in [0.5, 0.6) is 5.75 Å². The summed E-state index contributed by atoms with van der Waals surface area (Å²) >= 11 is 0. The van der Waals surface area contributed by atoms with Crippen LogP contribution in [-0.2, 0) is 11.2 Å². The molecule has 1 aromatic carbocycles. The number of hydrogen-bond acceptors (Lipinski definition) is 3. The van der Waals surface area contributed by atoms with E-state index in [1.54, 1.807) is 12.1 Å². The molecule has 0 heterocycles. The summed E-state index contributed by atoms with van der Waals surface area (Å²) in [6.07, 6.45) is 0.285. The van der Waals surface area contributed by atoms with Crippen LogP contribution in [0, 0.1) is 13.8 Å². The average Bonchev–Trinajstić information content (AvgIpc) is 2.10. The van der Waals surface area contributed by atoms with E-state index in [4.69, 9.17) is 10.8 Å². The lowest BCUT2D eigenvalue weighted by atomic mass is 9.96. The maximum atomic E-state index is 10.6. The molecular weight excluding hydrogens is 194 g/mol. The molecule has 0 aliphatic rings. The minimum absolute atomic E-state index is 0.192. The summed E-state index contributed by atoms with van der Waals surface area (Å²) in [6, 6.07) is 2.32. The smallest absolute Gasteiger partial charge is 0.320 e. The first kappa shape index (κ1) is 11.5. The lowest BCUT2D eigenvalue weighted by Gasteiger charge is -2.12. The second-order valence-electron chi connectivity index (χ2n) is 3.71. The van der Waals surface area contributed by atoms with Crippen LogP contribution >= 0.6 is 0 Å². The fraction of sp³-hybridized carbons (Fsp3) is 0.364. The van der Waals surface area contributed by atoms with E-state index in [0.717, 1.165) is 16.7 Å². The normalized spacial score (nSPS) is 12.5. The van der Waals surface area contributed by atoms with Gasteiger partial charge in [-0.3, -0.25) is 4.79 Å². The van der Waals surface area contributed by atoms with Gasteiger partial charge in [0.05, 0.1) is 0 Å². The number of hydrogen-bond donors (Lipinski definition) is 3. The molecule has 0 saturated heterocycles. The average molecular weight is 209 g/mol. The highest BCUT2D eigenvalue weighted by Gasteiger charge is 2.15. The molecule has 1 atom stereocenters. The van der Waals surface area contributed by atoms with E-state index in [-0.39, 0.29) is 12.2 Å². The van der Waals surface area contributed by atoms with Gasteiger partial charge in [0.2, 0.25) is 0 Å². The molecule has 4 heteroatoms. The number of phenols is 1. The molecule has 82 valence electrons. The fourth-order valence-corrected chi connectivity index (χ4v) is 1.60. The minimum Gasteiger partial charge on any atom is -0.508 e. The van der Waals surface area contributed by atoms with Crippen molar-refractivity contribution in [2.75, 3.05) is 0 Å². The van der Waals surface area contributed by atoms with Crippen molar-refractivity contribution < 1.29 is 15.0 Å². The summed E-state index contributed by atoms with van der Waals surface area (Å²) in [6.45, 7) is 3.66. The molecule has 0 aromatic heterocycles. The van der Waals surface area contributed by atoms with E-state index in [1.807, 2.05) is 13.8 Å². The minimum atomic E-state index is -1.01. The lowest BCUT2D eigenvalue weighted by Crippen LogP contribution is -2.32. The third kappa shape index (κ3) is 2.70. The van der Waals surface area contributed by atoms with Gasteiger partial charge in [0.1, 0.15) is 11.8 Å². The van der Waals surface area contributed by atoms with Gasteiger partial charge in [-0.25, -0.2) is 0 Å². The van der Waals surface area contributed by atoms with Crippen LogP contribution in [0.1, 0.15) is 16.7 Å². The van der Waals surface area contributed by atoms with Crippen LogP contribution in [0.4, 0.5) is 0 Å². The Morgan fingerprint density at radius 3 is 2.27 bits per heavy atom. The van der Waals surface area contributed by atoms with Crippen molar-refractivity contribution in [1.29, 1.82) is 0 Å². The molecule has 1 rings (SSSR count). The van der Waals surface area contributed by atoms with Crippen LogP contribution < -0.4 is 5.73 Å². The summed E-state index contributed by atoms with van der Waals surface area (Å²) in [5, 5.41) is 18.0. The maximum absolute atomic E-state index is 10.6. The molecule has 4 N–H and O–H groups in total. The summed E-state index contributed by atoms with van der Waals surface area (Å²) in [5.41, 5.74) is 8.08. The Balaban J connectivity index is 3.00. The molecule has 4 nitrogen and oxygen atoms in total. The molecule has 0 saturated carbocycles. The van der Waals surface area contributed by atoms with Gasteiger partial charge in [0.15, 0.2) is 0 Å². The molecule has 0 bridgehead atoms. The largest absolute Gasteiger partial charge is 0.508 e. The maximum Gasteiger partial charge on any atom is 0.320 e. The van der Waals surface area contributed by atoms with Crippen LogP contribution in [0.15, 0.2) is 12.1 Å². The fourth-order valence-electron chi connectivity index (χ4n) is 1.60. The van der Waals surface area contributed by atoms with Gasteiger partial charge < -0.3 is 15.9 Å². The molecular formula is C11H15NO3. The van der Waals surface area contributed by atoms with E-state index in [1.165, 1.54) is 0 Å². The molecule has 15 heavy (non-hydrogen) atoms. The van der Waals surface area contributed by atoms with Gasteiger partial charge in [0, 0.05) is 0 Å². The Labute approximate surface area is 88.3 Å². The van der Waals surface area contributed by atoms with Crippen molar-refractivity contribution in [1.82, 2.24) is 0 Å². The standard InChI is InChI=1S/C11H15NO3/c1-6-3-8(13)4-7(2)9(6)5-10(12)11(14)15/h3-4,10,13H,5,12H2,1-2H3,(H,14,15)/t10-/m1/s1. The Kier molecular flexibility index (Phi) is 3.31. The van der Waals surface area contributed by atoms with Crippen LogP contribution in [-0.4, -0.2) is 22.2 Å². The number of aromatic hydroxyl groups is 1. The van der Waals surface area contributed by atoms with Gasteiger partial charge in [0.25, 0.3) is 0 Å². The Bertz CT molecular complexity index is 364. The van der Waals surface area contributed by atoms with Crippen LogP contribution in [0.3, 0.4) is 0 Å². The van der Waals surface area contributed by atoms with E-state index < -0.39 is 12.0 Å². The number of carbonyl (C=O) groups is 1. The van der Waals surface area contributed by atoms with Crippen molar-refractivity contribution in [3.05, 3.63) is 28.8 Å². The quantitative estimate of drug-likeness (QED) is 0.692. The van der Waals surface area contributed by atoms with Crippen molar-refractivity contribution >= 4 is 5.97 Å². The molecule has 0 fully saturated rings. The molecule has 1 aromatic rings. The van der Waals surface area contributed by atoms with Gasteiger partial charge in [-0.1, -0.05) is 0 Å². The Morgan fingerprint density at radius 2 is 1.87 bits per heavy atom. The van der Waals surface area contributed by atoms with E-state index in [0.29, 0.717) is 0 Å². The SMILES string of the molecule is Cc1cc(O)cc(C)c1C[C@@H](N)C(=O)O. The molecule has 0 radical (unpaired) electrons. The predicted molar refractivity (Wildman–Crippen MR) is 56.9 cm³/mol. The molecule has 0 amide bonds. The highest BCUT2D eigenvalue weighted by Crippen LogP contribution is 2.21. The van der Waals surface area contributed by atoms with Crippen molar-refractivity contribution in [3.63, 3.8) is 0 Å². The predicted octanol–water partition coefficient (Wildman–Crippen LogP) is 0.963. The zero-order chi connectivity index (χ0) is 11.6. The zero-order valence-corrected chi connectivity index (χ0v) is 8.82. The number of aryl methyl sites for hydroxylation is 2. The van der Waals surface area contributed by atoms with Gasteiger partial charge in [-0.2, -0.15) is 0 Å². The number of benzene rings is 1. The topological polar surface area (TPSA) is 83.5 Å². The lowest BCUT2D eigenvalue weighted by molar-refractivity contribution is -0.138. The summed E-state index contributed by atoms with van der Waals surface area (Å²) in [5.74, 6) is -0.820. The van der Waals surface area contributed by atoms with Gasteiger partial charge >= 0.3 is 5.97 Å². The summed E-state index contributed by atoms with van der Waals surface area (Å²) in [7, 11) is 0. The number of carboxylic acid groups (broad SMARTS) is 1. The first-order valence-electron chi connectivity index (χ1n) is 4.69. The van der Waals surface area contributed by atoms with Gasteiger partial charge in [-0.05, 0) is 49.1 Å². The van der Waals surface area contributed by atoms with E-state index in [2.05, 4.69) is 0 Å². The first-order valence-corrected chi connectivity index (χ1v) is 4.69. The number of aliphatic carboxylic acids is 1. The van der Waals surface area contributed by atoms with E-state index >= 15 is 0 Å². The van der Waals surface area contributed by atoms with Crippen molar-refractivity contribution in [2.45, 2.75) is 26.3 Å². The number of rotatable bonds is 3. The highest BCUT2D eigenvalue weighted by molar-refractivity contribution is 5.73. The third-order valence-corrected chi connectivity index (χ3v) is 2.42. The van der Waals surface area contributed by atoms with Crippen molar-refractivity contribution in [2.24, 2.45) is 5.73 Å². The van der Waals surface area contributed by atoms with Crippen LogP contribution in [0.25, 0.3) is 0 Å². The Hall–Kier alpha value is -1.55. The second-order valence-corrected chi connectivity index (χ2v) is 3.71. The first-order chi connectivity index (χ1) is 6.91. The monoisotopic (exact) mass is 209 g/mol. The second kappa shape index (κ2) is 4.31. The summed E-state index contributed by atoms with van der Waals surface area (Å²) < 4.78 is 0. The molecule has 0 aliphatic carbocycles. The molecule has 0 aliphatic heterocycles. The zero-order valence-electron chi connectivity index (χ0n) is 8.82. The van der Waals surface area contributed by atoms with Crippen LogP contribution in [0.2, 0.25) is 0 Å². The summed E-state index contributed by atoms with van der Waals surface area (Å²) in [4.78, 5) is 10.6. The molecule has 0 unspecified atom stereocenters. The number of nitrogens with two attached hydrogens (primary N) is 1. The molecule has 0 spiro atoms. The third-order valence-electron chi connectivity index (χ3n) is 2.42. The van der Waals surface area contributed by atoms with Gasteiger partial charge in [-0.15, -0.1) is 0 Å². The van der Waals surface area contributed by atoms with Crippen molar-refractivity contribution in [3.8, 4) is 5.75 Å².